The average Bonchev–Trinajstić information content (AvgIpc) is 2.27. The van der Waals surface area contributed by atoms with Crippen LogP contribution in [0.4, 0.5) is 0 Å². The minimum absolute atomic E-state index is 0.716. The number of hydrogen-bond acceptors (Lipinski definition) is 1. The first kappa shape index (κ1) is 11.6. The molecular weight excluding hydrogens is 318 g/mol. The molecule has 1 aliphatic rings. The molecule has 1 nitrogen and oxygen atoms in total. The van der Waals surface area contributed by atoms with Gasteiger partial charge in [-0.3, -0.25) is 4.90 Å². The van der Waals surface area contributed by atoms with E-state index >= 15 is 0 Å². The second-order valence-electron chi connectivity index (χ2n) is 4.01. The van der Waals surface area contributed by atoms with E-state index in [4.69, 9.17) is 0 Å². The first-order valence-corrected chi connectivity index (χ1v) is 7.51. The van der Waals surface area contributed by atoms with Crippen LogP contribution in [0, 0.1) is 0 Å². The summed E-state index contributed by atoms with van der Waals surface area (Å²) in [5.74, 6) is 0. The van der Waals surface area contributed by atoms with E-state index < -0.39 is 0 Å². The minimum Gasteiger partial charge on any atom is -0.291 e. The number of nitrogens with zero attached hydrogens (tertiary/aromatic N) is 1. The zero-order valence-corrected chi connectivity index (χ0v) is 11.7. The van der Waals surface area contributed by atoms with Gasteiger partial charge in [-0.05, 0) is 12.0 Å². The quantitative estimate of drug-likeness (QED) is 0.764. The number of alkyl halides is 2. The van der Waals surface area contributed by atoms with Crippen LogP contribution in [0.2, 0.25) is 0 Å². The van der Waals surface area contributed by atoms with E-state index in [1.165, 1.54) is 12.0 Å². The molecule has 1 fully saturated rings. The molecule has 1 aromatic carbocycles. The highest BCUT2D eigenvalue weighted by atomic mass is 79.9. The molecule has 0 saturated carbocycles. The van der Waals surface area contributed by atoms with E-state index in [0.29, 0.717) is 12.1 Å². The molecule has 1 heterocycles. The van der Waals surface area contributed by atoms with Crippen molar-refractivity contribution in [2.45, 2.75) is 25.0 Å². The first-order chi connectivity index (χ1) is 7.35. The minimum atomic E-state index is 0.716. The van der Waals surface area contributed by atoms with Gasteiger partial charge >= 0.3 is 0 Å². The van der Waals surface area contributed by atoms with Crippen LogP contribution in [0.1, 0.15) is 12.0 Å². The third-order valence-electron chi connectivity index (χ3n) is 3.05. The van der Waals surface area contributed by atoms with Crippen molar-refractivity contribution in [2.24, 2.45) is 0 Å². The van der Waals surface area contributed by atoms with Gasteiger partial charge in [0, 0.05) is 29.3 Å². The van der Waals surface area contributed by atoms with Gasteiger partial charge in [0.05, 0.1) is 0 Å². The summed E-state index contributed by atoms with van der Waals surface area (Å²) in [5, 5.41) is 2.17. The summed E-state index contributed by atoms with van der Waals surface area (Å²) < 4.78 is 0. The van der Waals surface area contributed by atoms with Crippen molar-refractivity contribution < 1.29 is 0 Å². The van der Waals surface area contributed by atoms with Crippen molar-refractivity contribution in [3.8, 4) is 0 Å². The fourth-order valence-electron chi connectivity index (χ4n) is 2.10. The highest BCUT2D eigenvalue weighted by molar-refractivity contribution is 9.09. The molecule has 0 bridgehead atoms. The first-order valence-electron chi connectivity index (χ1n) is 5.26. The van der Waals surface area contributed by atoms with Crippen molar-refractivity contribution in [3.63, 3.8) is 0 Å². The Balaban J connectivity index is 1.98. The fourth-order valence-corrected chi connectivity index (χ4v) is 3.37. The van der Waals surface area contributed by atoms with E-state index in [0.717, 1.165) is 17.2 Å². The summed E-state index contributed by atoms with van der Waals surface area (Å²) in [6.45, 7) is 1.08. The molecule has 1 aliphatic heterocycles. The van der Waals surface area contributed by atoms with Gasteiger partial charge in [0.25, 0.3) is 0 Å². The van der Waals surface area contributed by atoms with Crippen LogP contribution >= 0.6 is 31.9 Å². The molecule has 0 N–H and O–H groups in total. The summed E-state index contributed by atoms with van der Waals surface area (Å²) >= 11 is 7.16. The molecule has 1 aromatic rings. The van der Waals surface area contributed by atoms with Gasteiger partial charge < -0.3 is 0 Å². The average molecular weight is 333 g/mol. The van der Waals surface area contributed by atoms with Crippen molar-refractivity contribution in [1.82, 2.24) is 4.90 Å². The molecule has 1 saturated heterocycles. The Kier molecular flexibility index (Phi) is 4.23. The predicted molar refractivity (Wildman–Crippen MR) is 71.8 cm³/mol. The lowest BCUT2D eigenvalue weighted by Gasteiger charge is -2.47. The Morgan fingerprint density at radius 1 is 1.07 bits per heavy atom. The van der Waals surface area contributed by atoms with Gasteiger partial charge in [-0.15, -0.1) is 0 Å². The second-order valence-corrected chi connectivity index (χ2v) is 5.30. The number of hydrogen-bond donors (Lipinski definition) is 0. The zero-order valence-electron chi connectivity index (χ0n) is 8.57. The van der Waals surface area contributed by atoms with E-state index in [1.54, 1.807) is 0 Å². The summed E-state index contributed by atoms with van der Waals surface area (Å²) in [6.07, 6.45) is 1.31. The summed E-state index contributed by atoms with van der Waals surface area (Å²) in [7, 11) is 0. The lowest BCUT2D eigenvalue weighted by Crippen LogP contribution is -2.56. The molecule has 0 aliphatic carbocycles. The lowest BCUT2D eigenvalue weighted by atomic mass is 9.95. The predicted octanol–water partition coefficient (Wildman–Crippen LogP) is 3.42. The van der Waals surface area contributed by atoms with Crippen LogP contribution in [0.5, 0.6) is 0 Å². The van der Waals surface area contributed by atoms with Crippen LogP contribution in [0.3, 0.4) is 0 Å². The summed E-state index contributed by atoms with van der Waals surface area (Å²) in [6, 6.07) is 12.1. The van der Waals surface area contributed by atoms with Gasteiger partial charge in [-0.25, -0.2) is 0 Å². The molecule has 2 atom stereocenters. The lowest BCUT2D eigenvalue weighted by molar-refractivity contribution is 0.0369. The smallest absolute Gasteiger partial charge is 0.0240 e. The van der Waals surface area contributed by atoms with Crippen molar-refractivity contribution in [2.75, 3.05) is 10.7 Å². The van der Waals surface area contributed by atoms with E-state index in [-0.39, 0.29) is 0 Å². The normalized spacial score (nSPS) is 26.3. The Morgan fingerprint density at radius 2 is 1.67 bits per heavy atom. The third-order valence-corrected chi connectivity index (χ3v) is 4.54. The maximum Gasteiger partial charge on any atom is 0.0240 e. The van der Waals surface area contributed by atoms with Crippen LogP contribution in [0.25, 0.3) is 0 Å². The van der Waals surface area contributed by atoms with Gasteiger partial charge in [0.2, 0.25) is 0 Å². The summed E-state index contributed by atoms with van der Waals surface area (Å²) in [4.78, 5) is 2.57. The molecule has 0 aromatic heterocycles. The Labute approximate surface area is 108 Å². The molecule has 0 radical (unpaired) electrons. The van der Waals surface area contributed by atoms with Gasteiger partial charge in [0.15, 0.2) is 0 Å². The zero-order chi connectivity index (χ0) is 10.7. The number of rotatable bonds is 4. The second kappa shape index (κ2) is 5.46. The maximum atomic E-state index is 3.58. The maximum absolute atomic E-state index is 3.58. The van der Waals surface area contributed by atoms with E-state index in [9.17, 15) is 0 Å². The highest BCUT2D eigenvalue weighted by Crippen LogP contribution is 2.30. The third kappa shape index (κ3) is 2.63. The SMILES string of the molecule is BrC[C@@H]1C[C@H](CBr)N1Cc1ccccc1. The molecule has 82 valence electrons. The Morgan fingerprint density at radius 3 is 2.20 bits per heavy atom. The standard InChI is InChI=1S/C12H15Br2N/c13-7-11-6-12(8-14)15(11)9-10-4-2-1-3-5-10/h1-5,11-12H,6-9H2/t11-,12+. The highest BCUT2D eigenvalue weighted by Gasteiger charge is 2.36. The number of likely N-dealkylation sites (tertiary alicyclic amines) is 1. The molecule has 0 spiro atoms. The molecule has 3 heteroatoms. The molecule has 0 unspecified atom stereocenters. The Bertz CT molecular complexity index is 292. The fraction of sp³-hybridized carbons (Fsp3) is 0.500. The Hall–Kier alpha value is 0.140. The molecule has 15 heavy (non-hydrogen) atoms. The van der Waals surface area contributed by atoms with Crippen LogP contribution < -0.4 is 0 Å². The largest absolute Gasteiger partial charge is 0.291 e. The van der Waals surface area contributed by atoms with Crippen molar-refractivity contribution in [3.05, 3.63) is 35.9 Å². The van der Waals surface area contributed by atoms with Crippen molar-refractivity contribution >= 4 is 31.9 Å². The van der Waals surface area contributed by atoms with E-state index in [1.807, 2.05) is 0 Å². The summed E-state index contributed by atoms with van der Waals surface area (Å²) in [5.41, 5.74) is 1.41. The monoisotopic (exact) mass is 331 g/mol. The van der Waals surface area contributed by atoms with Gasteiger partial charge in [-0.2, -0.15) is 0 Å². The van der Waals surface area contributed by atoms with Gasteiger partial charge in [-0.1, -0.05) is 62.2 Å². The number of benzene rings is 1. The van der Waals surface area contributed by atoms with Crippen molar-refractivity contribution in [1.29, 1.82) is 0 Å². The topological polar surface area (TPSA) is 3.24 Å². The molecule has 0 amide bonds. The van der Waals surface area contributed by atoms with Crippen LogP contribution in [-0.4, -0.2) is 27.6 Å². The van der Waals surface area contributed by atoms with E-state index in [2.05, 4.69) is 67.1 Å². The molecule has 2 rings (SSSR count). The molecular formula is C12H15Br2N. The van der Waals surface area contributed by atoms with Crippen LogP contribution in [-0.2, 0) is 6.54 Å². The number of halogens is 2. The van der Waals surface area contributed by atoms with Gasteiger partial charge in [0.1, 0.15) is 0 Å². The van der Waals surface area contributed by atoms with Crippen LogP contribution in [0.15, 0.2) is 30.3 Å².